The van der Waals surface area contributed by atoms with E-state index in [0.717, 1.165) is 32.1 Å². The second kappa shape index (κ2) is 6.04. The van der Waals surface area contributed by atoms with Crippen LogP contribution in [-0.2, 0) is 19.1 Å². The van der Waals surface area contributed by atoms with E-state index in [4.69, 9.17) is 4.74 Å². The number of ether oxygens (including phenoxy) is 2. The van der Waals surface area contributed by atoms with E-state index in [9.17, 15) is 14.4 Å². The second-order valence-corrected chi connectivity index (χ2v) is 4.96. The maximum atomic E-state index is 11.8. The number of hydrogen-bond acceptors (Lipinski definition) is 5. The van der Waals surface area contributed by atoms with E-state index in [2.05, 4.69) is 4.74 Å². The van der Waals surface area contributed by atoms with E-state index in [1.165, 1.54) is 4.90 Å². The Kier molecular flexibility index (Phi) is 4.39. The fourth-order valence-corrected chi connectivity index (χ4v) is 2.85. The van der Waals surface area contributed by atoms with Crippen molar-refractivity contribution in [3.8, 4) is 0 Å². The Balaban J connectivity index is 2.06. The average molecular weight is 269 g/mol. The summed E-state index contributed by atoms with van der Waals surface area (Å²) < 4.78 is 9.48. The molecule has 0 radical (unpaired) electrons. The van der Waals surface area contributed by atoms with Gasteiger partial charge in [-0.2, -0.15) is 0 Å². The molecule has 0 N–H and O–H groups in total. The first-order chi connectivity index (χ1) is 9.13. The van der Waals surface area contributed by atoms with E-state index in [0.29, 0.717) is 0 Å². The molecule has 6 nitrogen and oxygen atoms in total. The summed E-state index contributed by atoms with van der Waals surface area (Å²) in [6, 6.07) is -0.614. The number of hydrogen-bond donors (Lipinski definition) is 0. The summed E-state index contributed by atoms with van der Waals surface area (Å²) in [5.74, 6) is -0.932. The van der Waals surface area contributed by atoms with Crippen molar-refractivity contribution < 1.29 is 23.9 Å². The summed E-state index contributed by atoms with van der Waals surface area (Å²) in [6.07, 6.45) is 4.32. The van der Waals surface area contributed by atoms with Crippen LogP contribution in [-0.4, -0.2) is 42.1 Å². The van der Waals surface area contributed by atoms with E-state index < -0.39 is 24.1 Å². The van der Waals surface area contributed by atoms with Crippen LogP contribution in [0.15, 0.2) is 0 Å². The lowest BCUT2D eigenvalue weighted by Crippen LogP contribution is -2.44. The Morgan fingerprint density at radius 3 is 2.63 bits per heavy atom. The molecule has 0 aromatic rings. The Morgan fingerprint density at radius 2 is 2.00 bits per heavy atom. The molecule has 6 heteroatoms. The highest BCUT2D eigenvalue weighted by atomic mass is 16.6. The number of nitrogens with zero attached hydrogens (tertiary/aromatic N) is 1. The third-order valence-corrected chi connectivity index (χ3v) is 3.70. The van der Waals surface area contributed by atoms with Crippen LogP contribution in [0.2, 0.25) is 0 Å². The smallest absolute Gasteiger partial charge is 0.418 e. The van der Waals surface area contributed by atoms with Gasteiger partial charge in [0.05, 0.1) is 6.61 Å². The molecule has 1 aliphatic carbocycles. The van der Waals surface area contributed by atoms with Gasteiger partial charge in [-0.3, -0.25) is 9.69 Å². The molecular formula is C13H19NO5. The van der Waals surface area contributed by atoms with Crippen LogP contribution in [0.4, 0.5) is 4.79 Å². The quantitative estimate of drug-likeness (QED) is 0.571. The highest BCUT2D eigenvalue weighted by Gasteiger charge is 2.46. The molecule has 106 valence electrons. The molecule has 0 bridgehead atoms. The van der Waals surface area contributed by atoms with Gasteiger partial charge in [0.15, 0.2) is 0 Å². The molecule has 0 aromatic carbocycles. The van der Waals surface area contributed by atoms with Crippen LogP contribution in [0.3, 0.4) is 0 Å². The third-order valence-electron chi connectivity index (χ3n) is 3.70. The SMILES string of the molecule is CCOC(=O)CN1C(=O)OC(=O)[C@H]1C1CCCCC1. The summed E-state index contributed by atoms with van der Waals surface area (Å²) in [7, 11) is 0. The van der Waals surface area contributed by atoms with Crippen molar-refractivity contribution in [2.24, 2.45) is 5.92 Å². The molecule has 1 saturated heterocycles. The molecule has 0 spiro atoms. The van der Waals surface area contributed by atoms with Crippen LogP contribution in [0, 0.1) is 5.92 Å². The molecule has 0 aromatic heterocycles. The number of rotatable bonds is 4. The summed E-state index contributed by atoms with van der Waals surface area (Å²) >= 11 is 0. The van der Waals surface area contributed by atoms with Gasteiger partial charge in [0.2, 0.25) is 0 Å². The van der Waals surface area contributed by atoms with Crippen molar-refractivity contribution in [1.29, 1.82) is 0 Å². The Morgan fingerprint density at radius 1 is 1.32 bits per heavy atom. The maximum absolute atomic E-state index is 11.8. The molecule has 1 amide bonds. The van der Waals surface area contributed by atoms with Crippen molar-refractivity contribution in [3.63, 3.8) is 0 Å². The van der Waals surface area contributed by atoms with Gasteiger partial charge in [-0.1, -0.05) is 19.3 Å². The number of carbonyl (C=O) groups is 3. The first-order valence-electron chi connectivity index (χ1n) is 6.81. The Bertz CT molecular complexity index is 375. The van der Waals surface area contributed by atoms with E-state index in [1.54, 1.807) is 6.92 Å². The van der Waals surface area contributed by atoms with Gasteiger partial charge in [0.25, 0.3) is 0 Å². The lowest BCUT2D eigenvalue weighted by molar-refractivity contribution is -0.144. The minimum Gasteiger partial charge on any atom is -0.465 e. The fourth-order valence-electron chi connectivity index (χ4n) is 2.85. The highest BCUT2D eigenvalue weighted by Crippen LogP contribution is 2.32. The number of cyclic esters (lactones) is 2. The Labute approximate surface area is 112 Å². The van der Waals surface area contributed by atoms with Crippen molar-refractivity contribution >= 4 is 18.0 Å². The third kappa shape index (κ3) is 3.05. The molecule has 2 fully saturated rings. The van der Waals surface area contributed by atoms with Crippen molar-refractivity contribution in [2.75, 3.05) is 13.2 Å². The van der Waals surface area contributed by atoms with Crippen molar-refractivity contribution in [2.45, 2.75) is 45.1 Å². The summed E-state index contributed by atoms with van der Waals surface area (Å²) in [6.45, 7) is 1.74. The molecule has 1 aliphatic heterocycles. The Hall–Kier alpha value is -1.59. The molecule has 2 aliphatic rings. The molecule has 2 rings (SSSR count). The zero-order valence-corrected chi connectivity index (χ0v) is 11.1. The van der Waals surface area contributed by atoms with Gasteiger partial charge in [-0.25, -0.2) is 9.59 Å². The second-order valence-electron chi connectivity index (χ2n) is 4.96. The van der Waals surface area contributed by atoms with Crippen molar-refractivity contribution in [1.82, 2.24) is 4.90 Å². The molecule has 1 saturated carbocycles. The van der Waals surface area contributed by atoms with Crippen LogP contribution < -0.4 is 0 Å². The maximum Gasteiger partial charge on any atom is 0.418 e. The molecule has 0 unspecified atom stereocenters. The normalized spacial score (nSPS) is 24.5. The lowest BCUT2D eigenvalue weighted by atomic mass is 9.83. The topological polar surface area (TPSA) is 72.9 Å². The van der Waals surface area contributed by atoms with Crippen molar-refractivity contribution in [3.05, 3.63) is 0 Å². The summed E-state index contributed by atoms with van der Waals surface area (Å²) in [4.78, 5) is 36.2. The largest absolute Gasteiger partial charge is 0.465 e. The van der Waals surface area contributed by atoms with Gasteiger partial charge in [0.1, 0.15) is 12.6 Å². The lowest BCUT2D eigenvalue weighted by Gasteiger charge is -2.29. The first kappa shape index (κ1) is 13.8. The van der Waals surface area contributed by atoms with Crippen LogP contribution >= 0.6 is 0 Å². The van der Waals surface area contributed by atoms with E-state index in [1.807, 2.05) is 0 Å². The number of amides is 1. The molecule has 19 heavy (non-hydrogen) atoms. The van der Waals surface area contributed by atoms with Gasteiger partial charge in [-0.05, 0) is 25.7 Å². The summed E-state index contributed by atoms with van der Waals surface area (Å²) in [5, 5.41) is 0. The fraction of sp³-hybridized carbons (Fsp3) is 0.769. The average Bonchev–Trinajstić information content (AvgIpc) is 2.65. The molecular weight excluding hydrogens is 250 g/mol. The summed E-state index contributed by atoms with van der Waals surface area (Å²) in [5.41, 5.74) is 0. The number of carbonyl (C=O) groups excluding carboxylic acids is 3. The van der Waals surface area contributed by atoms with Gasteiger partial charge in [0, 0.05) is 0 Å². The van der Waals surface area contributed by atoms with Crippen LogP contribution in [0.25, 0.3) is 0 Å². The van der Waals surface area contributed by atoms with Gasteiger partial charge in [-0.15, -0.1) is 0 Å². The highest BCUT2D eigenvalue weighted by molar-refractivity contribution is 5.97. The monoisotopic (exact) mass is 269 g/mol. The first-order valence-corrected chi connectivity index (χ1v) is 6.81. The van der Waals surface area contributed by atoms with Crippen LogP contribution in [0.5, 0.6) is 0 Å². The zero-order chi connectivity index (χ0) is 13.8. The predicted octanol–water partition coefficient (Wildman–Crippen LogP) is 1.48. The van der Waals surface area contributed by atoms with Gasteiger partial charge < -0.3 is 9.47 Å². The van der Waals surface area contributed by atoms with E-state index in [-0.39, 0.29) is 19.1 Å². The van der Waals surface area contributed by atoms with Gasteiger partial charge >= 0.3 is 18.0 Å². The molecule has 1 heterocycles. The van der Waals surface area contributed by atoms with Crippen LogP contribution in [0.1, 0.15) is 39.0 Å². The zero-order valence-electron chi connectivity index (χ0n) is 11.1. The minimum absolute atomic E-state index is 0.0992. The minimum atomic E-state index is -0.728. The van der Waals surface area contributed by atoms with E-state index >= 15 is 0 Å². The molecule has 1 atom stereocenters. The number of esters is 2. The standard InChI is InChI=1S/C13H19NO5/c1-2-18-10(15)8-14-11(12(16)19-13(14)17)9-6-4-3-5-7-9/h9,11H,2-8H2,1H3/t11-/m1/s1. The predicted molar refractivity (Wildman–Crippen MR) is 65.2 cm³/mol.